The van der Waals surface area contributed by atoms with Crippen molar-refractivity contribution >= 4 is 17.9 Å². The molecule has 0 aromatic carbocycles. The van der Waals surface area contributed by atoms with Gasteiger partial charge in [0.1, 0.15) is 5.60 Å². The fourth-order valence-corrected chi connectivity index (χ4v) is 2.91. The molecular formula is C16H27N3O4. The van der Waals surface area contributed by atoms with Crippen LogP contribution in [-0.4, -0.2) is 42.6 Å². The van der Waals surface area contributed by atoms with Crippen LogP contribution >= 0.6 is 0 Å². The van der Waals surface area contributed by atoms with Crippen molar-refractivity contribution in [2.75, 3.05) is 7.05 Å². The van der Waals surface area contributed by atoms with Crippen LogP contribution in [0.3, 0.4) is 0 Å². The van der Waals surface area contributed by atoms with Gasteiger partial charge in [-0.05, 0) is 46.5 Å². The van der Waals surface area contributed by atoms with Crippen LogP contribution in [0.1, 0.15) is 46.5 Å². The fourth-order valence-electron chi connectivity index (χ4n) is 2.91. The van der Waals surface area contributed by atoms with Gasteiger partial charge in [-0.2, -0.15) is 0 Å². The molecule has 2 aliphatic rings. The Kier molecular flexibility index (Phi) is 5.16. The quantitative estimate of drug-likeness (QED) is 0.716. The van der Waals surface area contributed by atoms with Gasteiger partial charge in [-0.1, -0.05) is 0 Å². The van der Waals surface area contributed by atoms with Crippen LogP contribution in [-0.2, 0) is 14.3 Å². The van der Waals surface area contributed by atoms with Gasteiger partial charge in [0.15, 0.2) is 0 Å². The Morgan fingerprint density at radius 2 is 1.39 bits per heavy atom. The zero-order chi connectivity index (χ0) is 17.2. The van der Waals surface area contributed by atoms with Crippen molar-refractivity contribution in [1.29, 1.82) is 0 Å². The molecule has 2 aliphatic carbocycles. The molecule has 4 atom stereocenters. The van der Waals surface area contributed by atoms with Crippen molar-refractivity contribution in [3.8, 4) is 0 Å². The Bertz CT molecular complexity index is 486. The summed E-state index contributed by atoms with van der Waals surface area (Å²) in [6, 6.07) is -0.284. The fraction of sp³-hybridized carbons (Fsp3) is 0.812. The molecule has 2 saturated carbocycles. The summed E-state index contributed by atoms with van der Waals surface area (Å²) in [5.74, 6) is -0.496. The second-order valence-corrected chi connectivity index (χ2v) is 7.35. The number of nitrogens with one attached hydrogen (secondary N) is 3. The number of hydrogen-bond acceptors (Lipinski definition) is 4. The minimum Gasteiger partial charge on any atom is -0.444 e. The van der Waals surface area contributed by atoms with E-state index in [1.165, 1.54) is 0 Å². The molecule has 3 N–H and O–H groups in total. The van der Waals surface area contributed by atoms with Gasteiger partial charge in [-0.3, -0.25) is 9.59 Å². The van der Waals surface area contributed by atoms with E-state index in [0.29, 0.717) is 0 Å². The van der Waals surface area contributed by atoms with Crippen LogP contribution in [0.2, 0.25) is 0 Å². The second kappa shape index (κ2) is 6.76. The van der Waals surface area contributed by atoms with Gasteiger partial charge in [0, 0.05) is 19.1 Å². The molecule has 0 aromatic heterocycles. The standard InChI is InChI=1S/C16H27N3O4/c1-16(2,3)23-15(22)19-12-8-6-10(12)14(21)18-11-7-5-9(11)13(20)17-4/h9-12H,5-8H2,1-4H3,(H,17,20)(H,18,21)(H,19,22)/t9-,10+,11+,12+/m1/s1. The monoisotopic (exact) mass is 325 g/mol. The lowest BCUT2D eigenvalue weighted by molar-refractivity contribution is -0.133. The Morgan fingerprint density at radius 1 is 0.870 bits per heavy atom. The molecule has 23 heavy (non-hydrogen) atoms. The lowest BCUT2D eigenvalue weighted by atomic mass is 9.76. The van der Waals surface area contributed by atoms with Crippen LogP contribution < -0.4 is 16.0 Å². The van der Waals surface area contributed by atoms with Gasteiger partial charge in [0.2, 0.25) is 11.8 Å². The lowest BCUT2D eigenvalue weighted by Gasteiger charge is -2.40. The van der Waals surface area contributed by atoms with Crippen molar-refractivity contribution in [2.45, 2.75) is 64.1 Å². The summed E-state index contributed by atoms with van der Waals surface area (Å²) in [4.78, 5) is 35.8. The summed E-state index contributed by atoms with van der Waals surface area (Å²) in [5, 5.41) is 8.32. The minimum atomic E-state index is -0.557. The molecule has 2 fully saturated rings. The highest BCUT2D eigenvalue weighted by Crippen LogP contribution is 2.31. The summed E-state index contributed by atoms with van der Waals surface area (Å²) in [6.45, 7) is 5.40. The van der Waals surface area contributed by atoms with Crippen molar-refractivity contribution in [1.82, 2.24) is 16.0 Å². The minimum absolute atomic E-state index is 0.0291. The second-order valence-electron chi connectivity index (χ2n) is 7.35. The van der Waals surface area contributed by atoms with Crippen LogP contribution in [0.4, 0.5) is 4.79 Å². The zero-order valence-corrected chi connectivity index (χ0v) is 14.3. The van der Waals surface area contributed by atoms with Gasteiger partial charge >= 0.3 is 6.09 Å². The van der Waals surface area contributed by atoms with E-state index in [1.807, 2.05) is 0 Å². The number of hydrogen-bond donors (Lipinski definition) is 3. The van der Waals surface area contributed by atoms with E-state index in [9.17, 15) is 14.4 Å². The normalized spacial score (nSPS) is 29.6. The Morgan fingerprint density at radius 3 is 1.83 bits per heavy atom. The van der Waals surface area contributed by atoms with E-state index in [-0.39, 0.29) is 35.7 Å². The van der Waals surface area contributed by atoms with Crippen LogP contribution in [0.15, 0.2) is 0 Å². The van der Waals surface area contributed by atoms with Gasteiger partial charge in [0.05, 0.1) is 11.8 Å². The third-order valence-electron chi connectivity index (χ3n) is 4.50. The summed E-state index contributed by atoms with van der Waals surface area (Å²) >= 11 is 0. The molecule has 3 amide bonds. The first-order valence-corrected chi connectivity index (χ1v) is 8.22. The van der Waals surface area contributed by atoms with Crippen molar-refractivity contribution in [3.05, 3.63) is 0 Å². The van der Waals surface area contributed by atoms with Gasteiger partial charge in [0.25, 0.3) is 0 Å². The molecule has 0 bridgehead atoms. The van der Waals surface area contributed by atoms with E-state index in [1.54, 1.807) is 27.8 Å². The van der Waals surface area contributed by atoms with Crippen molar-refractivity contribution in [2.24, 2.45) is 11.8 Å². The molecule has 0 spiro atoms. The van der Waals surface area contributed by atoms with Gasteiger partial charge < -0.3 is 20.7 Å². The largest absolute Gasteiger partial charge is 0.444 e. The zero-order valence-electron chi connectivity index (χ0n) is 14.3. The van der Waals surface area contributed by atoms with Gasteiger partial charge in [-0.25, -0.2) is 4.79 Å². The van der Waals surface area contributed by atoms with E-state index in [4.69, 9.17) is 4.74 Å². The lowest BCUT2D eigenvalue weighted by Crippen LogP contribution is -2.58. The molecule has 0 unspecified atom stereocenters. The Balaban J connectivity index is 1.79. The van der Waals surface area contributed by atoms with Crippen LogP contribution in [0.25, 0.3) is 0 Å². The Hall–Kier alpha value is -1.79. The molecule has 130 valence electrons. The highest BCUT2D eigenvalue weighted by Gasteiger charge is 2.42. The first-order valence-electron chi connectivity index (χ1n) is 8.22. The molecule has 0 radical (unpaired) electrons. The highest BCUT2D eigenvalue weighted by atomic mass is 16.6. The molecule has 0 saturated heterocycles. The molecule has 7 heteroatoms. The topological polar surface area (TPSA) is 96.5 Å². The van der Waals surface area contributed by atoms with E-state index in [2.05, 4.69) is 16.0 Å². The van der Waals surface area contributed by atoms with Crippen molar-refractivity contribution < 1.29 is 19.1 Å². The van der Waals surface area contributed by atoms with E-state index >= 15 is 0 Å². The molecule has 2 rings (SSSR count). The van der Waals surface area contributed by atoms with Crippen LogP contribution in [0, 0.1) is 11.8 Å². The summed E-state index contributed by atoms with van der Waals surface area (Å²) in [6.07, 6.45) is 2.63. The maximum absolute atomic E-state index is 12.3. The molecule has 0 aliphatic heterocycles. The summed E-state index contributed by atoms with van der Waals surface area (Å²) in [7, 11) is 1.60. The number of carbonyl (C=O) groups is 3. The first-order chi connectivity index (χ1) is 10.7. The SMILES string of the molecule is CNC(=O)[C@@H]1CC[C@@H]1NC(=O)[C@H]1CC[C@@H]1NC(=O)OC(C)(C)C. The number of rotatable bonds is 4. The van der Waals surface area contributed by atoms with E-state index < -0.39 is 11.7 Å². The first kappa shape index (κ1) is 17.6. The number of ether oxygens (including phenoxy) is 1. The number of alkyl carbamates (subject to hydrolysis) is 1. The molecular weight excluding hydrogens is 298 g/mol. The summed E-state index contributed by atoms with van der Waals surface area (Å²) < 4.78 is 5.21. The highest BCUT2D eigenvalue weighted by molar-refractivity contribution is 5.84. The average Bonchev–Trinajstić information content (AvgIpc) is 2.37. The smallest absolute Gasteiger partial charge is 0.407 e. The van der Waals surface area contributed by atoms with Crippen molar-refractivity contribution in [3.63, 3.8) is 0 Å². The number of carbonyl (C=O) groups excluding carboxylic acids is 3. The van der Waals surface area contributed by atoms with Crippen LogP contribution in [0.5, 0.6) is 0 Å². The molecule has 7 nitrogen and oxygen atoms in total. The third-order valence-corrected chi connectivity index (χ3v) is 4.50. The molecule has 0 heterocycles. The number of amides is 3. The maximum atomic E-state index is 12.3. The average molecular weight is 325 g/mol. The summed E-state index contributed by atoms with van der Waals surface area (Å²) in [5.41, 5.74) is -0.557. The predicted molar refractivity (Wildman–Crippen MR) is 84.6 cm³/mol. The third kappa shape index (κ3) is 4.36. The van der Waals surface area contributed by atoms with Gasteiger partial charge in [-0.15, -0.1) is 0 Å². The van der Waals surface area contributed by atoms with E-state index in [0.717, 1.165) is 25.7 Å². The molecule has 0 aromatic rings. The Labute approximate surface area is 136 Å². The maximum Gasteiger partial charge on any atom is 0.407 e. The predicted octanol–water partition coefficient (Wildman–Crippen LogP) is 0.930.